The molecule has 0 heterocycles. The van der Waals surface area contributed by atoms with Crippen LogP contribution < -0.4 is 15.9 Å². The molecule has 110 valence electrons. The molecule has 3 heteroatoms. The first-order chi connectivity index (χ1) is 10.6. The molecular formula is C19H16ClOP. The van der Waals surface area contributed by atoms with Crippen LogP contribution in [0.1, 0.15) is 5.56 Å². The number of hydrogen-bond donors (Lipinski definition) is 0. The molecule has 0 spiro atoms. The Hall–Kier alpha value is -1.82. The van der Waals surface area contributed by atoms with Crippen LogP contribution in [0.2, 0.25) is 5.02 Å². The maximum Gasteiger partial charge on any atom is 0.172 e. The van der Waals surface area contributed by atoms with Gasteiger partial charge in [0.25, 0.3) is 0 Å². The Labute approximate surface area is 136 Å². The van der Waals surface area contributed by atoms with E-state index in [9.17, 15) is 4.57 Å². The third-order valence-corrected chi connectivity index (χ3v) is 7.49. The molecule has 3 rings (SSSR count). The van der Waals surface area contributed by atoms with Crippen molar-refractivity contribution in [3.05, 3.63) is 89.4 Å². The smallest absolute Gasteiger partial charge is 0.172 e. The van der Waals surface area contributed by atoms with Crippen molar-refractivity contribution in [3.8, 4) is 0 Å². The van der Waals surface area contributed by atoms with Crippen LogP contribution in [0.15, 0.2) is 78.9 Å². The summed E-state index contributed by atoms with van der Waals surface area (Å²) in [6.07, 6.45) is 0. The van der Waals surface area contributed by atoms with Gasteiger partial charge in [-0.2, -0.15) is 0 Å². The minimum atomic E-state index is -2.97. The minimum absolute atomic E-state index is 0.582. The Balaban J connectivity index is 2.34. The molecule has 0 unspecified atom stereocenters. The van der Waals surface area contributed by atoms with Gasteiger partial charge in [-0.1, -0.05) is 84.4 Å². The first-order valence-corrected chi connectivity index (χ1v) is 9.19. The molecule has 0 saturated carbocycles. The molecule has 0 aliphatic rings. The standard InChI is InChI=1S/C19H16ClOP/c1-15-9-8-14-18(19(15)20)22(21,16-10-4-2-5-11-16)17-12-6-3-7-13-17/h2-14H,1H3. The third kappa shape index (κ3) is 2.52. The quantitative estimate of drug-likeness (QED) is 0.656. The highest BCUT2D eigenvalue weighted by Crippen LogP contribution is 2.44. The molecule has 0 aliphatic carbocycles. The van der Waals surface area contributed by atoms with E-state index in [2.05, 4.69) is 0 Å². The average Bonchev–Trinajstić information content (AvgIpc) is 2.58. The fourth-order valence-corrected chi connectivity index (χ4v) is 5.85. The van der Waals surface area contributed by atoms with Gasteiger partial charge < -0.3 is 4.57 Å². The predicted molar refractivity (Wildman–Crippen MR) is 95.6 cm³/mol. The summed E-state index contributed by atoms with van der Waals surface area (Å²) in [5.41, 5.74) is 0.936. The molecule has 1 nitrogen and oxygen atoms in total. The van der Waals surface area contributed by atoms with Crippen molar-refractivity contribution < 1.29 is 4.57 Å². The Morgan fingerprint density at radius 2 is 1.23 bits per heavy atom. The molecule has 0 atom stereocenters. The van der Waals surface area contributed by atoms with Gasteiger partial charge in [0.2, 0.25) is 0 Å². The molecule has 0 fully saturated rings. The van der Waals surface area contributed by atoms with E-state index in [1.807, 2.05) is 85.8 Å². The molecule has 3 aromatic rings. The van der Waals surface area contributed by atoms with Gasteiger partial charge in [0.1, 0.15) is 0 Å². The van der Waals surface area contributed by atoms with E-state index >= 15 is 0 Å². The van der Waals surface area contributed by atoms with Crippen LogP contribution in [-0.4, -0.2) is 0 Å². The molecule has 0 bridgehead atoms. The average molecular weight is 327 g/mol. The highest BCUT2D eigenvalue weighted by atomic mass is 35.5. The molecule has 0 aromatic heterocycles. The largest absolute Gasteiger partial charge is 0.309 e. The number of aryl methyl sites for hydroxylation is 1. The van der Waals surface area contributed by atoms with Crippen molar-refractivity contribution in [2.75, 3.05) is 0 Å². The molecule has 0 aliphatic heterocycles. The second-order valence-electron chi connectivity index (χ2n) is 5.19. The van der Waals surface area contributed by atoms with Gasteiger partial charge in [-0.3, -0.25) is 0 Å². The fourth-order valence-electron chi connectivity index (χ4n) is 2.58. The molecule has 3 aromatic carbocycles. The summed E-state index contributed by atoms with van der Waals surface area (Å²) in [5.74, 6) is 0. The lowest BCUT2D eigenvalue weighted by atomic mass is 10.2. The van der Waals surface area contributed by atoms with Crippen LogP contribution in [0, 0.1) is 6.92 Å². The SMILES string of the molecule is Cc1cccc(P(=O)(c2ccccc2)c2ccccc2)c1Cl. The summed E-state index contributed by atoms with van der Waals surface area (Å²) in [6.45, 7) is 1.94. The van der Waals surface area contributed by atoms with E-state index < -0.39 is 7.14 Å². The molecule has 0 amide bonds. The van der Waals surface area contributed by atoms with Gasteiger partial charge in [0, 0.05) is 15.9 Å². The summed E-state index contributed by atoms with van der Waals surface area (Å²) < 4.78 is 14.1. The molecule has 0 radical (unpaired) electrons. The summed E-state index contributed by atoms with van der Waals surface area (Å²) in [5, 5.41) is 2.88. The first kappa shape index (κ1) is 15.1. The molecule has 0 N–H and O–H groups in total. The van der Waals surface area contributed by atoms with E-state index in [0.29, 0.717) is 10.3 Å². The number of benzene rings is 3. The van der Waals surface area contributed by atoms with E-state index in [-0.39, 0.29) is 0 Å². The minimum Gasteiger partial charge on any atom is -0.309 e. The maximum absolute atomic E-state index is 14.1. The van der Waals surface area contributed by atoms with Crippen molar-refractivity contribution in [3.63, 3.8) is 0 Å². The zero-order valence-electron chi connectivity index (χ0n) is 12.2. The number of rotatable bonds is 3. The van der Waals surface area contributed by atoms with Crippen molar-refractivity contribution in [1.29, 1.82) is 0 Å². The Kier molecular flexibility index (Phi) is 4.20. The van der Waals surface area contributed by atoms with Gasteiger partial charge in [0.05, 0.1) is 5.02 Å². The van der Waals surface area contributed by atoms with Crippen LogP contribution in [0.4, 0.5) is 0 Å². The monoisotopic (exact) mass is 326 g/mol. The van der Waals surface area contributed by atoms with E-state index in [4.69, 9.17) is 11.6 Å². The normalized spacial score (nSPS) is 11.4. The van der Waals surface area contributed by atoms with Crippen LogP contribution in [0.25, 0.3) is 0 Å². The van der Waals surface area contributed by atoms with Gasteiger partial charge in [-0.25, -0.2) is 0 Å². The van der Waals surface area contributed by atoms with Crippen molar-refractivity contribution >= 4 is 34.7 Å². The summed E-state index contributed by atoms with van der Waals surface area (Å²) in [6, 6.07) is 24.9. The Morgan fingerprint density at radius 3 is 1.73 bits per heavy atom. The summed E-state index contributed by atoms with van der Waals surface area (Å²) in [7, 11) is -2.97. The second kappa shape index (κ2) is 6.12. The fraction of sp³-hybridized carbons (Fsp3) is 0.0526. The number of hydrogen-bond acceptors (Lipinski definition) is 1. The number of halogens is 1. The Bertz CT molecular complexity index is 785. The predicted octanol–water partition coefficient (Wildman–Crippen LogP) is 4.29. The molecule has 0 saturated heterocycles. The highest BCUT2D eigenvalue weighted by molar-refractivity contribution is 7.85. The first-order valence-electron chi connectivity index (χ1n) is 7.11. The van der Waals surface area contributed by atoms with Gasteiger partial charge >= 0.3 is 0 Å². The van der Waals surface area contributed by atoms with Gasteiger partial charge in [-0.05, 0) is 18.6 Å². The lowest BCUT2D eigenvalue weighted by molar-refractivity contribution is 0.592. The topological polar surface area (TPSA) is 17.1 Å². The second-order valence-corrected chi connectivity index (χ2v) is 8.30. The van der Waals surface area contributed by atoms with Crippen LogP contribution >= 0.6 is 18.7 Å². The van der Waals surface area contributed by atoms with Gasteiger partial charge in [0.15, 0.2) is 7.14 Å². The molecule has 22 heavy (non-hydrogen) atoms. The van der Waals surface area contributed by atoms with Crippen LogP contribution in [0.5, 0.6) is 0 Å². The van der Waals surface area contributed by atoms with Crippen LogP contribution in [-0.2, 0) is 4.57 Å². The third-order valence-electron chi connectivity index (χ3n) is 3.75. The van der Waals surface area contributed by atoms with Crippen molar-refractivity contribution in [2.24, 2.45) is 0 Å². The summed E-state index contributed by atoms with van der Waals surface area (Å²) in [4.78, 5) is 0. The van der Waals surface area contributed by atoms with E-state index in [1.54, 1.807) is 0 Å². The van der Waals surface area contributed by atoms with E-state index in [1.165, 1.54) is 0 Å². The summed E-state index contributed by atoms with van der Waals surface area (Å²) >= 11 is 6.51. The lowest BCUT2D eigenvalue weighted by Gasteiger charge is -2.21. The zero-order chi connectivity index (χ0) is 15.6. The van der Waals surface area contributed by atoms with Crippen LogP contribution in [0.3, 0.4) is 0 Å². The zero-order valence-corrected chi connectivity index (χ0v) is 13.9. The Morgan fingerprint density at radius 1 is 0.727 bits per heavy atom. The highest BCUT2D eigenvalue weighted by Gasteiger charge is 2.31. The van der Waals surface area contributed by atoms with Gasteiger partial charge in [-0.15, -0.1) is 0 Å². The van der Waals surface area contributed by atoms with E-state index in [0.717, 1.165) is 16.2 Å². The van der Waals surface area contributed by atoms with Crippen molar-refractivity contribution in [1.82, 2.24) is 0 Å². The van der Waals surface area contributed by atoms with Crippen molar-refractivity contribution in [2.45, 2.75) is 6.92 Å². The maximum atomic E-state index is 14.1. The lowest BCUT2D eigenvalue weighted by Crippen LogP contribution is -2.26. The molecular weight excluding hydrogens is 311 g/mol.